The Hall–Kier alpha value is -4.98. The largest absolute Gasteiger partial charge is 0.444 e. The Kier molecular flexibility index (Phi) is 9.06. The molecule has 0 aliphatic carbocycles. The Morgan fingerprint density at radius 2 is 0.738 bits per heavy atom. The van der Waals surface area contributed by atoms with E-state index in [1.165, 1.54) is 0 Å². The second-order valence-corrected chi connectivity index (χ2v) is 11.7. The number of azo groups is 1. The van der Waals surface area contributed by atoms with Crippen LogP contribution in [0.15, 0.2) is 107 Å². The summed E-state index contributed by atoms with van der Waals surface area (Å²) in [6, 6.07) is 30.7. The molecule has 8 nitrogen and oxygen atoms in total. The molecule has 4 aromatic rings. The van der Waals surface area contributed by atoms with Gasteiger partial charge in [-0.15, -0.1) is 0 Å². The lowest BCUT2D eigenvalue weighted by atomic mass is 10.1. The van der Waals surface area contributed by atoms with E-state index >= 15 is 0 Å². The van der Waals surface area contributed by atoms with Gasteiger partial charge in [0.1, 0.15) is 11.2 Å². The Morgan fingerprint density at radius 3 is 1.00 bits per heavy atom. The lowest BCUT2D eigenvalue weighted by Crippen LogP contribution is -2.27. The summed E-state index contributed by atoms with van der Waals surface area (Å²) in [6.45, 7) is 11.0. The molecular weight excluding hydrogens is 528 g/mol. The minimum Gasteiger partial charge on any atom is -0.444 e. The van der Waals surface area contributed by atoms with Crippen molar-refractivity contribution in [1.29, 1.82) is 0 Å². The molecule has 0 saturated carbocycles. The molecule has 0 aliphatic rings. The van der Waals surface area contributed by atoms with Crippen molar-refractivity contribution in [1.82, 2.24) is 0 Å². The van der Waals surface area contributed by atoms with Crippen LogP contribution in [-0.2, 0) is 9.47 Å². The van der Waals surface area contributed by atoms with E-state index in [-0.39, 0.29) is 0 Å². The fourth-order valence-electron chi connectivity index (χ4n) is 3.89. The van der Waals surface area contributed by atoms with Crippen molar-refractivity contribution < 1.29 is 19.1 Å². The molecule has 0 saturated heterocycles. The van der Waals surface area contributed by atoms with Crippen LogP contribution in [0.3, 0.4) is 0 Å². The van der Waals surface area contributed by atoms with Gasteiger partial charge in [-0.1, -0.05) is 48.5 Å². The third-order valence-corrected chi connectivity index (χ3v) is 5.74. The fourth-order valence-corrected chi connectivity index (χ4v) is 3.89. The van der Waals surface area contributed by atoms with Crippen LogP contribution in [-0.4, -0.2) is 23.4 Å². The Labute approximate surface area is 246 Å². The highest BCUT2D eigenvalue weighted by Gasteiger charge is 2.17. The predicted octanol–water partition coefficient (Wildman–Crippen LogP) is 10.1. The van der Waals surface area contributed by atoms with Gasteiger partial charge in [0, 0.05) is 11.4 Å². The molecule has 8 heteroatoms. The van der Waals surface area contributed by atoms with E-state index in [0.29, 0.717) is 11.4 Å². The number of benzene rings is 4. The van der Waals surface area contributed by atoms with Crippen molar-refractivity contribution in [3.05, 3.63) is 97.1 Å². The van der Waals surface area contributed by atoms with Crippen molar-refractivity contribution in [3.63, 3.8) is 0 Å². The van der Waals surface area contributed by atoms with Gasteiger partial charge in [0.05, 0.1) is 11.4 Å². The first-order valence-corrected chi connectivity index (χ1v) is 13.7. The van der Waals surface area contributed by atoms with Gasteiger partial charge in [-0.05, 0) is 112 Å². The van der Waals surface area contributed by atoms with Crippen LogP contribution >= 0.6 is 0 Å². The van der Waals surface area contributed by atoms with E-state index in [2.05, 4.69) is 20.9 Å². The van der Waals surface area contributed by atoms with Crippen molar-refractivity contribution >= 4 is 34.9 Å². The number of carbonyl (C=O) groups is 2. The minimum absolute atomic E-state index is 0.483. The van der Waals surface area contributed by atoms with E-state index in [0.717, 1.165) is 33.6 Å². The van der Waals surface area contributed by atoms with Gasteiger partial charge in [0.2, 0.25) is 0 Å². The van der Waals surface area contributed by atoms with Gasteiger partial charge in [-0.3, -0.25) is 10.6 Å². The molecule has 0 fully saturated rings. The van der Waals surface area contributed by atoms with Crippen molar-refractivity contribution in [3.8, 4) is 22.3 Å². The summed E-state index contributed by atoms with van der Waals surface area (Å²) in [5, 5.41) is 14.2. The molecule has 0 aromatic heterocycles. The number of ether oxygens (including phenoxy) is 2. The molecule has 42 heavy (non-hydrogen) atoms. The zero-order valence-electron chi connectivity index (χ0n) is 24.8. The van der Waals surface area contributed by atoms with Gasteiger partial charge in [-0.2, -0.15) is 10.2 Å². The molecule has 0 spiro atoms. The number of nitrogens with zero attached hydrogens (tertiary/aromatic N) is 2. The number of carbonyl (C=O) groups excluding carboxylic acids is 2. The molecule has 0 aliphatic heterocycles. The third kappa shape index (κ3) is 9.30. The zero-order valence-corrected chi connectivity index (χ0v) is 24.8. The van der Waals surface area contributed by atoms with Crippen LogP contribution in [0.4, 0.5) is 32.3 Å². The molecule has 216 valence electrons. The van der Waals surface area contributed by atoms with Crippen molar-refractivity contribution in [2.45, 2.75) is 52.7 Å². The van der Waals surface area contributed by atoms with Gasteiger partial charge in [0.25, 0.3) is 0 Å². The van der Waals surface area contributed by atoms with E-state index in [9.17, 15) is 9.59 Å². The second-order valence-electron chi connectivity index (χ2n) is 11.7. The number of amides is 2. The third-order valence-electron chi connectivity index (χ3n) is 5.74. The SMILES string of the molecule is CC(C)(C)OC(=O)Nc1ccc(-c2ccc(N=Nc3ccc(-c4ccc(NC(=O)OC(C)(C)C)cc4)cc3)cc2)cc1. The first kappa shape index (κ1) is 30.0. The van der Waals surface area contributed by atoms with Crippen LogP contribution in [0.2, 0.25) is 0 Å². The normalized spacial score (nSPS) is 11.7. The van der Waals surface area contributed by atoms with E-state index in [1.807, 2.05) is 139 Å². The molecule has 0 bridgehead atoms. The summed E-state index contributed by atoms with van der Waals surface area (Å²) < 4.78 is 10.6. The van der Waals surface area contributed by atoms with Gasteiger partial charge in [-0.25, -0.2) is 9.59 Å². The first-order chi connectivity index (χ1) is 19.8. The molecule has 0 heterocycles. The van der Waals surface area contributed by atoms with Gasteiger partial charge in [0.15, 0.2) is 0 Å². The fraction of sp³-hybridized carbons (Fsp3) is 0.235. The maximum Gasteiger partial charge on any atom is 0.412 e. The smallest absolute Gasteiger partial charge is 0.412 e. The topological polar surface area (TPSA) is 101 Å². The first-order valence-electron chi connectivity index (χ1n) is 13.7. The van der Waals surface area contributed by atoms with E-state index in [1.54, 1.807) is 0 Å². The van der Waals surface area contributed by atoms with Gasteiger partial charge < -0.3 is 9.47 Å². The Bertz CT molecular complexity index is 1410. The summed E-state index contributed by atoms with van der Waals surface area (Å²) >= 11 is 0. The molecule has 0 unspecified atom stereocenters. The Morgan fingerprint density at radius 1 is 0.476 bits per heavy atom. The lowest BCUT2D eigenvalue weighted by Gasteiger charge is -2.19. The number of nitrogens with one attached hydrogen (secondary N) is 2. The summed E-state index contributed by atoms with van der Waals surface area (Å²) in [7, 11) is 0. The summed E-state index contributed by atoms with van der Waals surface area (Å²) in [5.41, 5.74) is 5.76. The number of anilines is 2. The molecule has 4 rings (SSSR count). The molecule has 0 radical (unpaired) electrons. The minimum atomic E-state index is -0.551. The zero-order chi connectivity index (χ0) is 30.3. The molecule has 4 aromatic carbocycles. The van der Waals surface area contributed by atoms with Gasteiger partial charge >= 0.3 is 12.2 Å². The van der Waals surface area contributed by atoms with Crippen LogP contribution in [0.1, 0.15) is 41.5 Å². The van der Waals surface area contributed by atoms with Crippen LogP contribution in [0, 0.1) is 0 Å². The number of hydrogen-bond donors (Lipinski definition) is 2. The summed E-state index contributed by atoms with van der Waals surface area (Å²) in [6.07, 6.45) is -0.967. The summed E-state index contributed by atoms with van der Waals surface area (Å²) in [4.78, 5) is 23.9. The Balaban J connectivity index is 1.32. The standard InChI is InChI=1S/C34H36N4O4/c1-33(2,3)41-31(39)35-27-15-7-23(8-16-27)25-11-19-29(20-12-25)37-38-30-21-13-26(14-22-30)24-9-17-28(18-10-24)36-32(40)42-34(4,5)6/h7-22H,1-6H3,(H,35,39)(H,36,40). The molecule has 2 amide bonds. The predicted molar refractivity (Wildman–Crippen MR) is 168 cm³/mol. The molecule has 0 atom stereocenters. The molecular formula is C34H36N4O4. The lowest BCUT2D eigenvalue weighted by molar-refractivity contribution is 0.0624. The quantitative estimate of drug-likeness (QED) is 0.227. The maximum absolute atomic E-state index is 12.0. The van der Waals surface area contributed by atoms with Crippen LogP contribution < -0.4 is 10.6 Å². The number of rotatable bonds is 6. The average molecular weight is 565 g/mol. The van der Waals surface area contributed by atoms with E-state index in [4.69, 9.17) is 9.47 Å². The highest BCUT2D eigenvalue weighted by molar-refractivity contribution is 5.86. The molecule has 2 N–H and O–H groups in total. The van der Waals surface area contributed by atoms with Crippen molar-refractivity contribution in [2.75, 3.05) is 10.6 Å². The average Bonchev–Trinajstić information content (AvgIpc) is 2.91. The monoisotopic (exact) mass is 564 g/mol. The van der Waals surface area contributed by atoms with Crippen molar-refractivity contribution in [2.24, 2.45) is 10.2 Å². The van der Waals surface area contributed by atoms with Crippen LogP contribution in [0.25, 0.3) is 22.3 Å². The van der Waals surface area contributed by atoms with E-state index < -0.39 is 23.4 Å². The summed E-state index contributed by atoms with van der Waals surface area (Å²) in [5.74, 6) is 0. The highest BCUT2D eigenvalue weighted by atomic mass is 16.6. The number of hydrogen-bond acceptors (Lipinski definition) is 6. The second kappa shape index (κ2) is 12.7. The maximum atomic E-state index is 12.0. The van der Waals surface area contributed by atoms with Crippen LogP contribution in [0.5, 0.6) is 0 Å². The highest BCUT2D eigenvalue weighted by Crippen LogP contribution is 2.28.